The molecule has 140 valence electrons. The number of aliphatic hydroxyl groups is 1. The molecule has 1 N–H and O–H groups in total. The van der Waals surface area contributed by atoms with Gasteiger partial charge in [0.25, 0.3) is 0 Å². The molecule has 1 heterocycles. The lowest BCUT2D eigenvalue weighted by Gasteiger charge is -2.21. The molecule has 3 rings (SSSR count). The summed E-state index contributed by atoms with van der Waals surface area (Å²) in [6, 6.07) is 16.4. The van der Waals surface area contributed by atoms with E-state index in [2.05, 4.69) is 18.2 Å². The second-order valence-electron chi connectivity index (χ2n) is 7.04. The number of fused-ring (bicyclic) bond motifs is 1. The molecule has 3 nitrogen and oxygen atoms in total. The number of aliphatic hydroxyl groups excluding tert-OH is 1. The van der Waals surface area contributed by atoms with Crippen LogP contribution in [0.3, 0.4) is 0 Å². The average molecular weight is 354 g/mol. The van der Waals surface area contributed by atoms with Crippen LogP contribution in [0.15, 0.2) is 48.5 Å². The van der Waals surface area contributed by atoms with Gasteiger partial charge in [0.2, 0.25) is 0 Å². The Hall–Kier alpha value is -1.84. The molecule has 0 bridgehead atoms. The third-order valence-electron chi connectivity index (χ3n) is 4.97. The minimum atomic E-state index is -0.426. The van der Waals surface area contributed by atoms with Crippen LogP contribution >= 0.6 is 0 Å². The van der Waals surface area contributed by atoms with Crippen LogP contribution < -0.4 is 4.74 Å². The van der Waals surface area contributed by atoms with Gasteiger partial charge in [0, 0.05) is 12.2 Å². The van der Waals surface area contributed by atoms with Gasteiger partial charge in [-0.2, -0.15) is 0 Å². The van der Waals surface area contributed by atoms with Gasteiger partial charge in [-0.1, -0.05) is 61.7 Å². The van der Waals surface area contributed by atoms with Crippen LogP contribution in [0.25, 0.3) is 0 Å². The lowest BCUT2D eigenvalue weighted by Crippen LogP contribution is -2.10. The highest BCUT2D eigenvalue weighted by atomic mass is 16.5. The molecule has 0 radical (unpaired) electrons. The van der Waals surface area contributed by atoms with E-state index in [0.29, 0.717) is 6.61 Å². The molecule has 2 aromatic rings. The Balaban J connectivity index is 1.57. The van der Waals surface area contributed by atoms with Gasteiger partial charge in [-0.25, -0.2) is 0 Å². The average Bonchev–Trinajstić information content (AvgIpc) is 2.67. The zero-order valence-corrected chi connectivity index (χ0v) is 15.5. The van der Waals surface area contributed by atoms with Crippen molar-refractivity contribution in [3.8, 4) is 5.75 Å². The van der Waals surface area contributed by atoms with Crippen molar-refractivity contribution in [3.63, 3.8) is 0 Å². The number of hydrogen-bond acceptors (Lipinski definition) is 3. The maximum atomic E-state index is 10.7. The van der Waals surface area contributed by atoms with Gasteiger partial charge in [-0.3, -0.25) is 0 Å². The van der Waals surface area contributed by atoms with Gasteiger partial charge in [-0.15, -0.1) is 0 Å². The highest BCUT2D eigenvalue weighted by Gasteiger charge is 2.18. The highest BCUT2D eigenvalue weighted by molar-refractivity contribution is 5.42. The summed E-state index contributed by atoms with van der Waals surface area (Å²) < 4.78 is 11.8. The Morgan fingerprint density at radius 1 is 0.962 bits per heavy atom. The van der Waals surface area contributed by atoms with Gasteiger partial charge in [0.1, 0.15) is 5.75 Å². The summed E-state index contributed by atoms with van der Waals surface area (Å²) in [5, 5.41) is 10.7. The van der Waals surface area contributed by atoms with Crippen molar-refractivity contribution in [1.82, 2.24) is 0 Å². The highest BCUT2D eigenvalue weighted by Crippen LogP contribution is 2.33. The molecule has 0 spiro atoms. The second kappa shape index (κ2) is 10.3. The first-order valence-corrected chi connectivity index (χ1v) is 9.89. The fourth-order valence-electron chi connectivity index (χ4n) is 3.56. The van der Waals surface area contributed by atoms with E-state index < -0.39 is 6.10 Å². The second-order valence-corrected chi connectivity index (χ2v) is 7.04. The Labute approximate surface area is 157 Å². The molecule has 0 aliphatic carbocycles. The van der Waals surface area contributed by atoms with Crippen LogP contribution in [-0.2, 0) is 17.8 Å². The molecular formula is C23H30O3. The van der Waals surface area contributed by atoms with E-state index in [9.17, 15) is 5.11 Å². The SMILES string of the molecule is OC1CCCCCCOc2cccc(CCCOCc3ccccc3)c21. The molecule has 0 saturated carbocycles. The lowest BCUT2D eigenvalue weighted by atomic mass is 9.94. The zero-order chi connectivity index (χ0) is 18.0. The predicted molar refractivity (Wildman–Crippen MR) is 104 cm³/mol. The number of aryl methyl sites for hydroxylation is 1. The lowest BCUT2D eigenvalue weighted by molar-refractivity contribution is 0.118. The summed E-state index contributed by atoms with van der Waals surface area (Å²) in [6.45, 7) is 2.11. The molecule has 3 heteroatoms. The van der Waals surface area contributed by atoms with Crippen LogP contribution in [0.1, 0.15) is 61.3 Å². The van der Waals surface area contributed by atoms with E-state index >= 15 is 0 Å². The fourth-order valence-corrected chi connectivity index (χ4v) is 3.56. The molecule has 1 unspecified atom stereocenters. The van der Waals surface area contributed by atoms with E-state index in [-0.39, 0.29) is 0 Å². The topological polar surface area (TPSA) is 38.7 Å². The summed E-state index contributed by atoms with van der Waals surface area (Å²) in [4.78, 5) is 0. The smallest absolute Gasteiger partial charge is 0.125 e. The van der Waals surface area contributed by atoms with Crippen molar-refractivity contribution < 1.29 is 14.6 Å². The third-order valence-corrected chi connectivity index (χ3v) is 4.97. The van der Waals surface area contributed by atoms with Gasteiger partial charge < -0.3 is 14.6 Å². The van der Waals surface area contributed by atoms with Gasteiger partial charge in [0.15, 0.2) is 0 Å². The van der Waals surface area contributed by atoms with Gasteiger partial charge in [-0.05, 0) is 42.9 Å². The Morgan fingerprint density at radius 3 is 2.69 bits per heavy atom. The molecular weight excluding hydrogens is 324 g/mol. The van der Waals surface area contributed by atoms with Crippen LogP contribution in [0.2, 0.25) is 0 Å². The predicted octanol–water partition coefficient (Wildman–Crippen LogP) is 5.21. The van der Waals surface area contributed by atoms with E-state index in [4.69, 9.17) is 9.47 Å². The molecule has 0 fully saturated rings. The maximum Gasteiger partial charge on any atom is 0.125 e. The van der Waals surface area contributed by atoms with Crippen molar-refractivity contribution in [2.75, 3.05) is 13.2 Å². The van der Waals surface area contributed by atoms with Crippen LogP contribution in [0.5, 0.6) is 5.75 Å². The Bertz CT molecular complexity index is 654. The molecule has 1 aliphatic rings. The van der Waals surface area contributed by atoms with Crippen molar-refractivity contribution in [3.05, 3.63) is 65.2 Å². The standard InChI is InChI=1S/C23H30O3/c24-21-14-6-1-2-7-17-26-22-15-8-12-20(23(21)22)13-9-16-25-18-19-10-4-3-5-11-19/h3-5,8,10-12,15,21,24H,1-2,6-7,9,13-14,16-18H2. The van der Waals surface area contributed by atoms with E-state index in [1.165, 1.54) is 24.0 Å². The third kappa shape index (κ3) is 5.58. The first-order chi connectivity index (χ1) is 12.8. The normalized spacial score (nSPS) is 18.0. The number of ether oxygens (including phenoxy) is 2. The largest absolute Gasteiger partial charge is 0.493 e. The summed E-state index contributed by atoms with van der Waals surface area (Å²) in [5.41, 5.74) is 3.39. The molecule has 1 atom stereocenters. The monoisotopic (exact) mass is 354 g/mol. The minimum absolute atomic E-state index is 0.426. The van der Waals surface area contributed by atoms with Crippen molar-refractivity contribution in [2.24, 2.45) is 0 Å². The summed E-state index contributed by atoms with van der Waals surface area (Å²) >= 11 is 0. The number of rotatable bonds is 6. The first-order valence-electron chi connectivity index (χ1n) is 9.89. The molecule has 0 aromatic heterocycles. The number of hydrogen-bond donors (Lipinski definition) is 1. The molecule has 2 aromatic carbocycles. The van der Waals surface area contributed by atoms with E-state index in [1.807, 2.05) is 30.3 Å². The molecule has 0 saturated heterocycles. The summed E-state index contributed by atoms with van der Waals surface area (Å²) in [5.74, 6) is 0.863. The van der Waals surface area contributed by atoms with E-state index in [1.54, 1.807) is 0 Å². The van der Waals surface area contributed by atoms with Crippen molar-refractivity contribution in [1.29, 1.82) is 0 Å². The molecule has 1 aliphatic heterocycles. The van der Waals surface area contributed by atoms with Crippen LogP contribution in [-0.4, -0.2) is 18.3 Å². The first kappa shape index (κ1) is 18.9. The molecule has 26 heavy (non-hydrogen) atoms. The molecule has 0 amide bonds. The van der Waals surface area contributed by atoms with Crippen LogP contribution in [0, 0.1) is 0 Å². The Kier molecular flexibility index (Phi) is 7.53. The fraction of sp³-hybridized carbons (Fsp3) is 0.478. The zero-order valence-electron chi connectivity index (χ0n) is 15.5. The quantitative estimate of drug-likeness (QED) is 0.724. The van der Waals surface area contributed by atoms with Crippen LogP contribution in [0.4, 0.5) is 0 Å². The Morgan fingerprint density at radius 2 is 1.81 bits per heavy atom. The summed E-state index contributed by atoms with van der Waals surface area (Å²) in [6.07, 6.45) is 6.75. The summed E-state index contributed by atoms with van der Waals surface area (Å²) in [7, 11) is 0. The van der Waals surface area contributed by atoms with Crippen molar-refractivity contribution in [2.45, 2.75) is 57.7 Å². The number of benzene rings is 2. The van der Waals surface area contributed by atoms with E-state index in [0.717, 1.165) is 56.6 Å². The van der Waals surface area contributed by atoms with Gasteiger partial charge in [0.05, 0.1) is 19.3 Å². The maximum absolute atomic E-state index is 10.7. The minimum Gasteiger partial charge on any atom is -0.493 e. The van der Waals surface area contributed by atoms with Crippen molar-refractivity contribution >= 4 is 0 Å². The van der Waals surface area contributed by atoms with Gasteiger partial charge >= 0.3 is 0 Å².